The molecule has 228 valence electrons. The van der Waals surface area contributed by atoms with E-state index in [1.165, 1.54) is 30.2 Å². The van der Waals surface area contributed by atoms with E-state index in [9.17, 15) is 23.1 Å². The Morgan fingerprint density at radius 3 is 1.80 bits per heavy atom. The zero-order chi connectivity index (χ0) is 31.8. The molecule has 0 aliphatic heterocycles. The lowest BCUT2D eigenvalue weighted by Crippen LogP contribution is -2.42. The maximum Gasteiger partial charge on any atom is 0.341 e. The third kappa shape index (κ3) is 7.46. The molecule has 5 aromatic carbocycles. The Kier molecular flexibility index (Phi) is 9.72. The number of hydrogen-bond acceptors (Lipinski definition) is 6. The molecule has 0 saturated carbocycles. The van der Waals surface area contributed by atoms with Crippen molar-refractivity contribution in [3.8, 4) is 16.9 Å². The summed E-state index contributed by atoms with van der Waals surface area (Å²) in [5.41, 5.74) is 3.49. The summed E-state index contributed by atoms with van der Waals surface area (Å²) in [6.45, 7) is -0.438. The summed E-state index contributed by atoms with van der Waals surface area (Å²) in [5.74, 6) is -1.60. The molecular formula is C36H32N2O6S. The molecule has 1 amide bonds. The molecule has 0 bridgehead atoms. The third-order valence-corrected chi connectivity index (χ3v) is 9.10. The fourth-order valence-corrected chi connectivity index (χ4v) is 6.28. The average Bonchev–Trinajstić information content (AvgIpc) is 3.08. The predicted octanol–water partition coefficient (Wildman–Crippen LogP) is 6.27. The molecule has 9 heteroatoms. The highest BCUT2D eigenvalue weighted by Gasteiger charge is 2.30. The monoisotopic (exact) mass is 620 g/mol. The van der Waals surface area contributed by atoms with E-state index < -0.39 is 28.4 Å². The summed E-state index contributed by atoms with van der Waals surface area (Å²) >= 11 is 0. The Bertz CT molecular complexity index is 1860. The van der Waals surface area contributed by atoms with Crippen LogP contribution in [0.2, 0.25) is 0 Å². The number of nitrogens with zero attached hydrogens (tertiary/aromatic N) is 2. The number of carbonyl (C=O) groups is 2. The number of anilines is 1. The zero-order valence-corrected chi connectivity index (χ0v) is 25.4. The van der Waals surface area contributed by atoms with Gasteiger partial charge >= 0.3 is 5.97 Å². The number of methoxy groups -OCH3 is 1. The molecule has 0 fully saturated rings. The number of rotatable bonds is 11. The van der Waals surface area contributed by atoms with Crippen LogP contribution < -0.4 is 4.90 Å². The van der Waals surface area contributed by atoms with Crippen LogP contribution in [0.4, 0.5) is 5.69 Å². The SMILES string of the molecule is COC(=O)c1cc(N(Cc2ccccc2)C(=O)CN(Cc2ccccc2)S(=O)(=O)c2ccc(-c3ccccc3)cc2)ccc1O. The molecule has 0 aromatic heterocycles. The highest BCUT2D eigenvalue weighted by atomic mass is 32.2. The number of carbonyl (C=O) groups excluding carboxylic acids is 2. The molecule has 8 nitrogen and oxygen atoms in total. The predicted molar refractivity (Wildman–Crippen MR) is 173 cm³/mol. The number of phenols is 1. The van der Waals surface area contributed by atoms with Gasteiger partial charge < -0.3 is 14.7 Å². The molecule has 0 atom stereocenters. The van der Waals surface area contributed by atoms with Gasteiger partial charge in [0.05, 0.1) is 25.1 Å². The number of hydrogen-bond donors (Lipinski definition) is 1. The second kappa shape index (κ2) is 14.0. The first kappa shape index (κ1) is 31.2. The van der Waals surface area contributed by atoms with Gasteiger partial charge in [-0.15, -0.1) is 0 Å². The second-order valence-electron chi connectivity index (χ2n) is 10.3. The lowest BCUT2D eigenvalue weighted by Gasteiger charge is -2.28. The van der Waals surface area contributed by atoms with Gasteiger partial charge in [-0.1, -0.05) is 103 Å². The van der Waals surface area contributed by atoms with Gasteiger partial charge in [-0.05, 0) is 52.6 Å². The molecule has 0 spiro atoms. The minimum Gasteiger partial charge on any atom is -0.507 e. The van der Waals surface area contributed by atoms with Crippen molar-refractivity contribution in [1.82, 2.24) is 4.31 Å². The van der Waals surface area contributed by atoms with Crippen molar-refractivity contribution >= 4 is 27.6 Å². The van der Waals surface area contributed by atoms with Gasteiger partial charge in [0, 0.05) is 12.2 Å². The minimum atomic E-state index is -4.14. The molecule has 5 aromatic rings. The average molecular weight is 621 g/mol. The van der Waals surface area contributed by atoms with Crippen LogP contribution >= 0.6 is 0 Å². The third-order valence-electron chi connectivity index (χ3n) is 7.29. The van der Waals surface area contributed by atoms with E-state index in [1.54, 1.807) is 36.4 Å². The molecule has 0 radical (unpaired) electrons. The van der Waals surface area contributed by atoms with Crippen LogP contribution in [0.25, 0.3) is 11.1 Å². The first-order valence-electron chi connectivity index (χ1n) is 14.2. The number of aromatic hydroxyl groups is 1. The first-order chi connectivity index (χ1) is 21.8. The lowest BCUT2D eigenvalue weighted by atomic mass is 10.1. The summed E-state index contributed by atoms with van der Waals surface area (Å²) in [4.78, 5) is 27.9. The van der Waals surface area contributed by atoms with Crippen molar-refractivity contribution in [2.75, 3.05) is 18.6 Å². The van der Waals surface area contributed by atoms with Gasteiger partial charge in [-0.3, -0.25) is 4.79 Å². The maximum atomic E-state index is 14.1. The van der Waals surface area contributed by atoms with Crippen molar-refractivity contribution in [3.63, 3.8) is 0 Å². The summed E-state index contributed by atoms with van der Waals surface area (Å²) in [7, 11) is -2.95. The van der Waals surface area contributed by atoms with Gasteiger partial charge in [-0.25, -0.2) is 13.2 Å². The number of phenolic OH excluding ortho intramolecular Hbond substituents is 1. The van der Waals surface area contributed by atoms with E-state index in [0.29, 0.717) is 11.3 Å². The van der Waals surface area contributed by atoms with Crippen molar-refractivity contribution in [2.45, 2.75) is 18.0 Å². The quantitative estimate of drug-likeness (QED) is 0.175. The fourth-order valence-electron chi connectivity index (χ4n) is 4.90. The van der Waals surface area contributed by atoms with Crippen molar-refractivity contribution in [3.05, 3.63) is 150 Å². The molecule has 0 unspecified atom stereocenters. The Morgan fingerprint density at radius 1 is 0.689 bits per heavy atom. The highest BCUT2D eigenvalue weighted by molar-refractivity contribution is 7.89. The van der Waals surface area contributed by atoms with Crippen LogP contribution in [-0.2, 0) is 32.6 Å². The topological polar surface area (TPSA) is 104 Å². The number of amides is 1. The molecule has 1 N–H and O–H groups in total. The van der Waals surface area contributed by atoms with Gasteiger partial charge in [0.25, 0.3) is 0 Å². The molecule has 5 rings (SSSR count). The number of ether oxygens (including phenoxy) is 1. The van der Waals surface area contributed by atoms with Gasteiger partial charge in [0.2, 0.25) is 15.9 Å². The smallest absolute Gasteiger partial charge is 0.341 e. The Labute approximate surface area is 262 Å². The Morgan fingerprint density at radius 2 is 1.22 bits per heavy atom. The zero-order valence-electron chi connectivity index (χ0n) is 24.6. The summed E-state index contributed by atoms with van der Waals surface area (Å²) < 4.78 is 34.2. The number of sulfonamides is 1. The summed E-state index contributed by atoms with van der Waals surface area (Å²) in [6, 6.07) is 38.6. The Hall–Kier alpha value is -5.25. The molecule has 0 heterocycles. The van der Waals surface area contributed by atoms with E-state index in [4.69, 9.17) is 4.74 Å². The van der Waals surface area contributed by atoms with E-state index in [0.717, 1.165) is 21.0 Å². The van der Waals surface area contributed by atoms with Crippen LogP contribution in [0.3, 0.4) is 0 Å². The second-order valence-corrected chi connectivity index (χ2v) is 12.2. The van der Waals surface area contributed by atoms with Gasteiger partial charge in [0.15, 0.2) is 0 Å². The fraction of sp³-hybridized carbons (Fsp3) is 0.111. The molecular weight excluding hydrogens is 588 g/mol. The summed E-state index contributed by atoms with van der Waals surface area (Å²) in [5, 5.41) is 10.3. The van der Waals surface area contributed by atoms with Crippen molar-refractivity contribution in [2.24, 2.45) is 0 Å². The first-order valence-corrected chi connectivity index (χ1v) is 15.7. The maximum absolute atomic E-state index is 14.1. The molecule has 0 aliphatic rings. The van der Waals surface area contributed by atoms with Crippen molar-refractivity contribution < 1.29 is 27.9 Å². The normalized spacial score (nSPS) is 11.2. The minimum absolute atomic E-state index is 0.0441. The number of esters is 1. The number of benzene rings is 5. The molecule has 0 saturated heterocycles. The highest BCUT2D eigenvalue weighted by Crippen LogP contribution is 2.28. The van der Waals surface area contributed by atoms with Gasteiger partial charge in [0.1, 0.15) is 11.3 Å². The van der Waals surface area contributed by atoms with Crippen LogP contribution in [0, 0.1) is 0 Å². The van der Waals surface area contributed by atoms with Gasteiger partial charge in [-0.2, -0.15) is 4.31 Å². The van der Waals surface area contributed by atoms with E-state index >= 15 is 0 Å². The molecule has 45 heavy (non-hydrogen) atoms. The Balaban J connectivity index is 1.51. The van der Waals surface area contributed by atoms with E-state index in [1.807, 2.05) is 78.9 Å². The van der Waals surface area contributed by atoms with Crippen LogP contribution in [0.5, 0.6) is 5.75 Å². The van der Waals surface area contributed by atoms with Crippen molar-refractivity contribution in [1.29, 1.82) is 0 Å². The lowest BCUT2D eigenvalue weighted by molar-refractivity contribution is -0.119. The molecule has 0 aliphatic carbocycles. The van der Waals surface area contributed by atoms with Crippen LogP contribution in [0.1, 0.15) is 21.5 Å². The van der Waals surface area contributed by atoms with E-state index in [2.05, 4.69) is 0 Å². The largest absolute Gasteiger partial charge is 0.507 e. The van der Waals surface area contributed by atoms with E-state index in [-0.39, 0.29) is 29.3 Å². The standard InChI is InChI=1S/C36H32N2O6S/c1-44-36(41)33-23-31(19-22-34(33)39)38(25-28-13-7-3-8-14-28)35(40)26-37(24-27-11-5-2-6-12-27)45(42,43)32-20-17-30(18-21-32)29-15-9-4-10-16-29/h2-23,39H,24-26H2,1H3. The summed E-state index contributed by atoms with van der Waals surface area (Å²) in [6.07, 6.45) is 0. The van der Waals surface area contributed by atoms with Crippen LogP contribution in [0.15, 0.2) is 138 Å². The van der Waals surface area contributed by atoms with Crippen LogP contribution in [-0.4, -0.2) is 43.4 Å².